The molecule has 0 N–H and O–H groups in total. The first-order valence-electron chi connectivity index (χ1n) is 8.87. The van der Waals surface area contributed by atoms with Crippen LogP contribution in [0.25, 0.3) is 0 Å². The van der Waals surface area contributed by atoms with Crippen molar-refractivity contribution in [3.8, 4) is 5.75 Å². The Morgan fingerprint density at radius 1 is 1.07 bits per heavy atom. The summed E-state index contributed by atoms with van der Waals surface area (Å²) in [7, 11) is 0. The molecule has 1 saturated heterocycles. The number of benzene rings is 2. The Labute approximate surface area is 157 Å². The zero-order valence-electron chi connectivity index (χ0n) is 15.1. The van der Waals surface area contributed by atoms with Gasteiger partial charge in [-0.15, -0.1) is 0 Å². The van der Waals surface area contributed by atoms with Gasteiger partial charge in [-0.25, -0.2) is 0 Å². The van der Waals surface area contributed by atoms with E-state index in [-0.39, 0.29) is 31.3 Å². The number of esters is 1. The second-order valence-electron chi connectivity index (χ2n) is 6.20. The van der Waals surface area contributed by atoms with Crippen LogP contribution in [-0.2, 0) is 14.3 Å². The third-order valence-electron chi connectivity index (χ3n) is 4.36. The second kappa shape index (κ2) is 8.49. The van der Waals surface area contributed by atoms with Crippen LogP contribution >= 0.6 is 0 Å². The smallest absolute Gasteiger partial charge is 0.311 e. The first-order valence-corrected chi connectivity index (χ1v) is 8.87. The lowest BCUT2D eigenvalue weighted by Crippen LogP contribution is -2.27. The number of carbonyl (C=O) groups excluding carboxylic acids is 3. The topological polar surface area (TPSA) is 72.9 Å². The first-order chi connectivity index (χ1) is 13.1. The van der Waals surface area contributed by atoms with E-state index >= 15 is 0 Å². The van der Waals surface area contributed by atoms with Crippen LogP contribution in [0.1, 0.15) is 23.7 Å². The number of carbonyl (C=O) groups is 3. The van der Waals surface area contributed by atoms with Gasteiger partial charge in [-0.3, -0.25) is 14.4 Å². The van der Waals surface area contributed by atoms with Gasteiger partial charge in [0.1, 0.15) is 5.75 Å². The molecular weight excluding hydrogens is 346 g/mol. The summed E-state index contributed by atoms with van der Waals surface area (Å²) in [5.74, 6) is -0.980. The summed E-state index contributed by atoms with van der Waals surface area (Å²) >= 11 is 0. The normalized spacial score (nSPS) is 16.3. The highest BCUT2D eigenvalue weighted by Crippen LogP contribution is 2.33. The number of anilines is 1. The Morgan fingerprint density at radius 2 is 1.78 bits per heavy atom. The van der Waals surface area contributed by atoms with Gasteiger partial charge in [0.05, 0.1) is 18.2 Å². The summed E-state index contributed by atoms with van der Waals surface area (Å²) in [6.07, 6.45) is 0.0544. The van der Waals surface area contributed by atoms with Crippen molar-refractivity contribution in [2.24, 2.45) is 5.92 Å². The summed E-state index contributed by atoms with van der Waals surface area (Å²) < 4.78 is 10.7. The highest BCUT2D eigenvalue weighted by atomic mass is 16.5. The lowest BCUT2D eigenvalue weighted by molar-refractivity contribution is -0.147. The van der Waals surface area contributed by atoms with E-state index in [1.807, 2.05) is 25.1 Å². The maximum Gasteiger partial charge on any atom is 0.311 e. The molecule has 2 aromatic carbocycles. The number of amides is 1. The molecular formula is C21H21NO5. The van der Waals surface area contributed by atoms with Crippen molar-refractivity contribution < 1.29 is 23.9 Å². The molecule has 1 amide bonds. The fourth-order valence-corrected chi connectivity index (χ4v) is 3.02. The quantitative estimate of drug-likeness (QED) is 0.556. The number of nitrogens with zero attached hydrogens (tertiary/aromatic N) is 1. The highest BCUT2D eigenvalue weighted by Gasteiger charge is 2.37. The molecule has 2 aromatic rings. The predicted molar refractivity (Wildman–Crippen MR) is 99.8 cm³/mol. The van der Waals surface area contributed by atoms with E-state index in [2.05, 4.69) is 0 Å². The fraction of sp³-hybridized carbons (Fsp3) is 0.286. The van der Waals surface area contributed by atoms with E-state index in [1.165, 1.54) is 4.90 Å². The van der Waals surface area contributed by atoms with Crippen LogP contribution in [0, 0.1) is 5.92 Å². The third kappa shape index (κ3) is 4.34. The summed E-state index contributed by atoms with van der Waals surface area (Å²) in [6.45, 7) is 2.23. The number of hydrogen-bond acceptors (Lipinski definition) is 5. The molecule has 1 fully saturated rings. The molecule has 0 saturated carbocycles. The molecule has 0 bridgehead atoms. The molecule has 0 unspecified atom stereocenters. The lowest BCUT2D eigenvalue weighted by atomic mass is 10.1. The summed E-state index contributed by atoms with van der Waals surface area (Å²) in [5.41, 5.74) is 1.13. The average Bonchev–Trinajstić information content (AvgIpc) is 3.09. The molecule has 27 heavy (non-hydrogen) atoms. The van der Waals surface area contributed by atoms with Crippen molar-refractivity contribution in [2.75, 3.05) is 24.7 Å². The maximum atomic E-state index is 12.4. The molecule has 1 aliphatic rings. The molecule has 140 valence electrons. The molecule has 6 heteroatoms. The van der Waals surface area contributed by atoms with Crippen LogP contribution < -0.4 is 9.64 Å². The van der Waals surface area contributed by atoms with E-state index in [0.717, 1.165) is 0 Å². The van der Waals surface area contributed by atoms with Gasteiger partial charge in [-0.1, -0.05) is 42.5 Å². The van der Waals surface area contributed by atoms with Crippen molar-refractivity contribution >= 4 is 23.3 Å². The zero-order chi connectivity index (χ0) is 19.2. The Balaban J connectivity index is 1.62. The van der Waals surface area contributed by atoms with Gasteiger partial charge in [-0.05, 0) is 19.1 Å². The Hall–Kier alpha value is -3.15. The first kappa shape index (κ1) is 18.6. The van der Waals surface area contributed by atoms with E-state index in [1.54, 1.807) is 36.4 Å². The van der Waals surface area contributed by atoms with Gasteiger partial charge in [0.2, 0.25) is 5.91 Å². The van der Waals surface area contributed by atoms with Crippen molar-refractivity contribution in [1.29, 1.82) is 0 Å². The minimum atomic E-state index is -0.601. The monoisotopic (exact) mass is 367 g/mol. The van der Waals surface area contributed by atoms with Crippen LogP contribution in [0.3, 0.4) is 0 Å². The van der Waals surface area contributed by atoms with E-state index in [0.29, 0.717) is 23.6 Å². The van der Waals surface area contributed by atoms with Crippen molar-refractivity contribution in [1.82, 2.24) is 0 Å². The molecule has 0 aromatic heterocycles. The molecule has 1 aliphatic heterocycles. The highest BCUT2D eigenvalue weighted by molar-refractivity contribution is 6.01. The number of Topliss-reactive ketones (excluding diaryl/α,β-unsaturated/α-hetero) is 1. The number of para-hydroxylation sites is 2. The SMILES string of the molecule is CCOc1ccccc1N1C[C@@H](C(=O)OCC(=O)c2ccccc2)CC1=O. The molecule has 1 heterocycles. The van der Waals surface area contributed by atoms with Crippen LogP contribution in [-0.4, -0.2) is 37.4 Å². The number of ketones is 1. The zero-order valence-corrected chi connectivity index (χ0v) is 15.1. The molecule has 0 aliphatic carbocycles. The second-order valence-corrected chi connectivity index (χ2v) is 6.20. The van der Waals surface area contributed by atoms with Crippen molar-refractivity contribution in [2.45, 2.75) is 13.3 Å². The van der Waals surface area contributed by atoms with Crippen LogP contribution in [0.2, 0.25) is 0 Å². The standard InChI is InChI=1S/C21H21NO5/c1-2-26-19-11-7-6-10-17(19)22-13-16(12-20(22)24)21(25)27-14-18(23)15-8-4-3-5-9-15/h3-11,16H,2,12-14H2,1H3/t16-/m0/s1. The third-order valence-corrected chi connectivity index (χ3v) is 4.36. The Bertz CT molecular complexity index is 833. The number of rotatable bonds is 7. The fourth-order valence-electron chi connectivity index (χ4n) is 3.02. The minimum Gasteiger partial charge on any atom is -0.492 e. The summed E-state index contributed by atoms with van der Waals surface area (Å²) in [6, 6.07) is 15.9. The molecule has 0 spiro atoms. The van der Waals surface area contributed by atoms with Crippen LogP contribution in [0.15, 0.2) is 54.6 Å². The molecule has 1 atom stereocenters. The maximum absolute atomic E-state index is 12.4. The Morgan fingerprint density at radius 3 is 2.52 bits per heavy atom. The van der Waals surface area contributed by atoms with Crippen LogP contribution in [0.5, 0.6) is 5.75 Å². The molecule has 6 nitrogen and oxygen atoms in total. The van der Waals surface area contributed by atoms with Gasteiger partial charge in [-0.2, -0.15) is 0 Å². The minimum absolute atomic E-state index is 0.0544. The van der Waals surface area contributed by atoms with E-state index in [9.17, 15) is 14.4 Å². The van der Waals surface area contributed by atoms with Gasteiger partial charge < -0.3 is 14.4 Å². The predicted octanol–water partition coefficient (Wildman–Crippen LogP) is 2.86. The molecule has 0 radical (unpaired) electrons. The van der Waals surface area contributed by atoms with Gasteiger partial charge in [0, 0.05) is 18.5 Å². The number of hydrogen-bond donors (Lipinski definition) is 0. The summed E-state index contributed by atoms with van der Waals surface area (Å²) in [5, 5.41) is 0. The molecule has 3 rings (SSSR count). The van der Waals surface area contributed by atoms with E-state index < -0.39 is 11.9 Å². The van der Waals surface area contributed by atoms with Crippen molar-refractivity contribution in [3.05, 3.63) is 60.2 Å². The van der Waals surface area contributed by atoms with Crippen molar-refractivity contribution in [3.63, 3.8) is 0 Å². The van der Waals surface area contributed by atoms with Gasteiger partial charge >= 0.3 is 5.97 Å². The van der Waals surface area contributed by atoms with Crippen LogP contribution in [0.4, 0.5) is 5.69 Å². The van der Waals surface area contributed by atoms with E-state index in [4.69, 9.17) is 9.47 Å². The lowest BCUT2D eigenvalue weighted by Gasteiger charge is -2.19. The van der Waals surface area contributed by atoms with Gasteiger partial charge in [0.25, 0.3) is 0 Å². The number of ether oxygens (including phenoxy) is 2. The van der Waals surface area contributed by atoms with Gasteiger partial charge in [0.15, 0.2) is 12.4 Å². The largest absolute Gasteiger partial charge is 0.492 e. The Kier molecular flexibility index (Phi) is 5.86. The summed E-state index contributed by atoms with van der Waals surface area (Å²) in [4.78, 5) is 38.3. The average molecular weight is 367 g/mol.